The summed E-state index contributed by atoms with van der Waals surface area (Å²) in [6.07, 6.45) is 0.635. The summed E-state index contributed by atoms with van der Waals surface area (Å²) in [5.41, 5.74) is 0.0563. The summed E-state index contributed by atoms with van der Waals surface area (Å²) in [6, 6.07) is 12.9. The highest BCUT2D eigenvalue weighted by Gasteiger charge is 2.32. The van der Waals surface area contributed by atoms with Crippen molar-refractivity contribution in [3.63, 3.8) is 0 Å². The Hall–Kier alpha value is -2.53. The fourth-order valence-corrected chi connectivity index (χ4v) is 4.50. The van der Waals surface area contributed by atoms with Gasteiger partial charge in [-0.15, -0.1) is 0 Å². The molecule has 168 valence electrons. The zero-order chi connectivity index (χ0) is 22.3. The van der Waals surface area contributed by atoms with Gasteiger partial charge in [-0.3, -0.25) is 0 Å². The molecule has 0 aliphatic carbocycles. The van der Waals surface area contributed by atoms with Gasteiger partial charge in [0.25, 0.3) is 0 Å². The molecule has 1 fully saturated rings. The number of aliphatic hydroxyl groups is 1. The predicted molar refractivity (Wildman–Crippen MR) is 114 cm³/mol. The second-order valence-electron chi connectivity index (χ2n) is 7.24. The van der Waals surface area contributed by atoms with Crippen molar-refractivity contribution < 1.29 is 27.4 Å². The van der Waals surface area contributed by atoms with E-state index in [0.29, 0.717) is 19.3 Å². The highest BCUT2D eigenvalue weighted by molar-refractivity contribution is 7.89. The number of carbonyl (C=O) groups is 1. The minimum atomic E-state index is -3.59. The third-order valence-corrected chi connectivity index (χ3v) is 6.52. The Balaban J connectivity index is 1.47. The molecule has 0 aromatic heterocycles. The van der Waals surface area contributed by atoms with E-state index in [1.165, 1.54) is 30.3 Å². The number of benzene rings is 2. The highest BCUT2D eigenvalue weighted by Crippen LogP contribution is 2.22. The molecule has 2 aromatic carbocycles. The number of anilines is 1. The molecule has 8 nitrogen and oxygen atoms in total. The van der Waals surface area contributed by atoms with Gasteiger partial charge in [-0.25, -0.2) is 22.3 Å². The van der Waals surface area contributed by atoms with Crippen LogP contribution in [0.1, 0.15) is 19.3 Å². The quantitative estimate of drug-likeness (QED) is 0.491. The fourth-order valence-electron chi connectivity index (χ4n) is 3.44. The molecule has 0 saturated carbocycles. The molecule has 0 unspecified atom stereocenters. The Morgan fingerprint density at radius 3 is 2.52 bits per heavy atom. The average Bonchev–Trinajstić information content (AvgIpc) is 2.77. The number of ether oxygens (including phenoxy) is 1. The van der Waals surface area contributed by atoms with Crippen LogP contribution in [-0.2, 0) is 14.8 Å². The van der Waals surface area contributed by atoms with Crippen molar-refractivity contribution in [3.8, 4) is 0 Å². The summed E-state index contributed by atoms with van der Waals surface area (Å²) in [7, 11) is -3.59. The van der Waals surface area contributed by atoms with Crippen LogP contribution >= 0.6 is 0 Å². The highest BCUT2D eigenvalue weighted by atomic mass is 32.2. The van der Waals surface area contributed by atoms with Gasteiger partial charge in [0.2, 0.25) is 10.0 Å². The van der Waals surface area contributed by atoms with E-state index in [1.54, 1.807) is 24.3 Å². The van der Waals surface area contributed by atoms with E-state index in [-0.39, 0.29) is 29.8 Å². The van der Waals surface area contributed by atoms with E-state index in [1.807, 2.05) is 0 Å². The summed E-state index contributed by atoms with van der Waals surface area (Å²) >= 11 is 0. The molecule has 1 aliphatic heterocycles. The number of amides is 2. The summed E-state index contributed by atoms with van der Waals surface area (Å²) in [6.45, 7) is -0.122. The Bertz CT molecular complexity index is 974. The lowest BCUT2D eigenvalue weighted by Crippen LogP contribution is -2.52. The van der Waals surface area contributed by atoms with Crippen LogP contribution in [0.4, 0.5) is 14.9 Å². The maximum Gasteiger partial charge on any atom is 0.319 e. The number of halogens is 1. The van der Waals surface area contributed by atoms with Crippen LogP contribution in [0.3, 0.4) is 0 Å². The van der Waals surface area contributed by atoms with Gasteiger partial charge in [-0.2, -0.15) is 0 Å². The predicted octanol–water partition coefficient (Wildman–Crippen LogP) is 2.22. The molecule has 3 rings (SSSR count). The SMILES string of the molecule is O=C(Nc1ccccc1F)N[C@@H]1CC[C@H](CCNS(=O)(=O)c2ccccc2)O[C@H]1CO. The summed E-state index contributed by atoms with van der Waals surface area (Å²) < 4.78 is 46.6. The molecule has 0 radical (unpaired) electrons. The van der Waals surface area contributed by atoms with Gasteiger partial charge in [0.05, 0.1) is 29.3 Å². The van der Waals surface area contributed by atoms with Gasteiger partial charge in [0, 0.05) is 6.54 Å². The van der Waals surface area contributed by atoms with Crippen molar-refractivity contribution in [2.75, 3.05) is 18.5 Å². The van der Waals surface area contributed by atoms with E-state index >= 15 is 0 Å². The van der Waals surface area contributed by atoms with Gasteiger partial charge in [-0.05, 0) is 43.5 Å². The van der Waals surface area contributed by atoms with E-state index < -0.39 is 34.0 Å². The molecule has 10 heteroatoms. The molecule has 1 aliphatic rings. The smallest absolute Gasteiger partial charge is 0.319 e. The number of para-hydroxylation sites is 1. The lowest BCUT2D eigenvalue weighted by atomic mass is 9.97. The largest absolute Gasteiger partial charge is 0.394 e. The Morgan fingerprint density at radius 2 is 1.81 bits per heavy atom. The van der Waals surface area contributed by atoms with Crippen LogP contribution in [0.2, 0.25) is 0 Å². The molecule has 0 bridgehead atoms. The standard InChI is InChI=1S/C21H26FN3O5S/c22-17-8-4-5-9-18(17)24-21(27)25-19-11-10-15(30-20(19)14-26)12-13-23-31(28,29)16-6-2-1-3-7-16/h1-9,15,19-20,23,26H,10-14H2,(H2,24,25,27)/t15-,19-,20+/m1/s1. The summed E-state index contributed by atoms with van der Waals surface area (Å²) in [5.74, 6) is -0.547. The number of rotatable bonds is 8. The van der Waals surface area contributed by atoms with E-state index in [9.17, 15) is 22.7 Å². The van der Waals surface area contributed by atoms with Crippen LogP contribution < -0.4 is 15.4 Å². The Kier molecular flexibility index (Phi) is 7.97. The molecule has 1 saturated heterocycles. The van der Waals surface area contributed by atoms with Gasteiger partial charge in [0.15, 0.2) is 0 Å². The number of hydrogen-bond acceptors (Lipinski definition) is 5. The van der Waals surface area contributed by atoms with E-state index in [0.717, 1.165) is 0 Å². The lowest BCUT2D eigenvalue weighted by molar-refractivity contribution is -0.0884. The molecular formula is C21H26FN3O5S. The van der Waals surface area contributed by atoms with E-state index in [4.69, 9.17) is 4.74 Å². The molecule has 4 N–H and O–H groups in total. The number of urea groups is 1. The summed E-state index contributed by atoms with van der Waals surface area (Å²) in [4.78, 5) is 12.4. The molecular weight excluding hydrogens is 425 g/mol. The summed E-state index contributed by atoms with van der Waals surface area (Å²) in [5, 5.41) is 14.8. The van der Waals surface area contributed by atoms with Crippen molar-refractivity contribution in [2.45, 2.75) is 42.4 Å². The number of aliphatic hydroxyl groups excluding tert-OH is 1. The first-order valence-electron chi connectivity index (χ1n) is 10.0. The van der Waals surface area contributed by atoms with Crippen LogP contribution in [-0.4, -0.2) is 51.0 Å². The molecule has 1 heterocycles. The number of nitrogens with one attached hydrogen (secondary N) is 3. The molecule has 0 spiro atoms. The van der Waals surface area contributed by atoms with Crippen LogP contribution in [0.15, 0.2) is 59.5 Å². The maximum absolute atomic E-state index is 13.7. The first kappa shape index (κ1) is 23.1. The first-order valence-corrected chi connectivity index (χ1v) is 11.5. The zero-order valence-electron chi connectivity index (χ0n) is 16.8. The van der Waals surface area contributed by atoms with Crippen molar-refractivity contribution in [1.29, 1.82) is 0 Å². The van der Waals surface area contributed by atoms with Crippen molar-refractivity contribution in [2.24, 2.45) is 0 Å². The fraction of sp³-hybridized carbons (Fsp3) is 0.381. The Labute approximate surface area is 180 Å². The third-order valence-electron chi connectivity index (χ3n) is 5.05. The van der Waals surface area contributed by atoms with Gasteiger partial charge in [-0.1, -0.05) is 30.3 Å². The molecule has 3 atom stereocenters. The number of carbonyl (C=O) groups excluding carboxylic acids is 1. The van der Waals surface area contributed by atoms with Crippen molar-refractivity contribution in [3.05, 3.63) is 60.4 Å². The second kappa shape index (κ2) is 10.7. The molecule has 2 amide bonds. The zero-order valence-corrected chi connectivity index (χ0v) is 17.6. The van der Waals surface area contributed by atoms with Gasteiger partial charge < -0.3 is 20.5 Å². The normalized spacial score (nSPS) is 21.4. The van der Waals surface area contributed by atoms with E-state index in [2.05, 4.69) is 15.4 Å². The topological polar surface area (TPSA) is 117 Å². The van der Waals surface area contributed by atoms with Crippen molar-refractivity contribution >= 4 is 21.7 Å². The van der Waals surface area contributed by atoms with Gasteiger partial charge >= 0.3 is 6.03 Å². The maximum atomic E-state index is 13.7. The van der Waals surface area contributed by atoms with Crippen LogP contribution in [0.25, 0.3) is 0 Å². The second-order valence-corrected chi connectivity index (χ2v) is 9.01. The number of sulfonamides is 1. The van der Waals surface area contributed by atoms with Crippen LogP contribution in [0.5, 0.6) is 0 Å². The first-order chi connectivity index (χ1) is 14.9. The minimum absolute atomic E-state index is 0.0563. The third kappa shape index (κ3) is 6.47. The Morgan fingerprint density at radius 1 is 1.10 bits per heavy atom. The molecule has 2 aromatic rings. The average molecular weight is 452 g/mol. The minimum Gasteiger partial charge on any atom is -0.394 e. The van der Waals surface area contributed by atoms with Crippen molar-refractivity contribution in [1.82, 2.24) is 10.0 Å². The monoisotopic (exact) mass is 451 g/mol. The van der Waals surface area contributed by atoms with Gasteiger partial charge in [0.1, 0.15) is 11.9 Å². The number of hydrogen-bond donors (Lipinski definition) is 4. The van der Waals surface area contributed by atoms with Crippen LogP contribution in [0, 0.1) is 5.82 Å². The molecule has 31 heavy (non-hydrogen) atoms. The lowest BCUT2D eigenvalue weighted by Gasteiger charge is -2.36.